The van der Waals surface area contributed by atoms with Crippen LogP contribution >= 0.6 is 24.0 Å². The number of ether oxygens (including phenoxy) is 1. The van der Waals surface area contributed by atoms with E-state index in [1.807, 2.05) is 30.0 Å². The number of nitrogens with zero attached hydrogens (tertiary/aromatic N) is 3. The van der Waals surface area contributed by atoms with E-state index < -0.39 is 0 Å². The van der Waals surface area contributed by atoms with Crippen LogP contribution in [0, 0.1) is 5.92 Å². The van der Waals surface area contributed by atoms with E-state index in [0.29, 0.717) is 25.5 Å². The standard InChI is InChI=1S/C23H39N5O2.HI/c1-5-30-21(12-13-27(3)4)17-26-23(24-2)25-16-20-15-22(29)28(18-20)14-11-19-9-7-6-8-10-19;/h6-10,20-21H,5,11-18H2,1-4H3,(H2,24,25,26);1H. The molecule has 1 fully saturated rings. The van der Waals surface area contributed by atoms with Gasteiger partial charge in [-0.15, -0.1) is 24.0 Å². The predicted molar refractivity (Wildman–Crippen MR) is 138 cm³/mol. The first kappa shape index (κ1) is 27.6. The number of likely N-dealkylation sites (tertiary alicyclic amines) is 1. The van der Waals surface area contributed by atoms with E-state index in [-0.39, 0.29) is 36.0 Å². The molecule has 2 atom stereocenters. The van der Waals surface area contributed by atoms with Crippen molar-refractivity contribution in [2.75, 3.05) is 60.5 Å². The van der Waals surface area contributed by atoms with Crippen molar-refractivity contribution in [1.29, 1.82) is 0 Å². The van der Waals surface area contributed by atoms with Crippen LogP contribution in [0.3, 0.4) is 0 Å². The van der Waals surface area contributed by atoms with Gasteiger partial charge >= 0.3 is 0 Å². The zero-order valence-corrected chi connectivity index (χ0v) is 21.8. The Morgan fingerprint density at radius 1 is 1.29 bits per heavy atom. The highest BCUT2D eigenvalue weighted by Gasteiger charge is 2.29. The van der Waals surface area contributed by atoms with Gasteiger partial charge in [0.1, 0.15) is 0 Å². The van der Waals surface area contributed by atoms with Gasteiger partial charge in [-0.25, -0.2) is 0 Å². The van der Waals surface area contributed by atoms with Crippen LogP contribution < -0.4 is 10.6 Å². The number of benzene rings is 1. The van der Waals surface area contributed by atoms with Gasteiger partial charge in [0.05, 0.1) is 6.10 Å². The van der Waals surface area contributed by atoms with Gasteiger partial charge in [0.2, 0.25) is 5.91 Å². The minimum Gasteiger partial charge on any atom is -0.377 e. The van der Waals surface area contributed by atoms with Gasteiger partial charge in [-0.05, 0) is 39.4 Å². The monoisotopic (exact) mass is 545 g/mol. The fourth-order valence-electron chi connectivity index (χ4n) is 3.67. The van der Waals surface area contributed by atoms with E-state index in [9.17, 15) is 4.79 Å². The summed E-state index contributed by atoms with van der Waals surface area (Å²) in [6.45, 7) is 6.76. The Bertz CT molecular complexity index is 657. The third-order valence-electron chi connectivity index (χ3n) is 5.39. The number of hydrogen-bond donors (Lipinski definition) is 2. The van der Waals surface area contributed by atoms with Gasteiger partial charge in [-0.3, -0.25) is 9.79 Å². The second-order valence-electron chi connectivity index (χ2n) is 8.15. The zero-order chi connectivity index (χ0) is 21.8. The summed E-state index contributed by atoms with van der Waals surface area (Å²) >= 11 is 0. The summed E-state index contributed by atoms with van der Waals surface area (Å²) in [6.07, 6.45) is 2.63. The fourth-order valence-corrected chi connectivity index (χ4v) is 3.67. The second kappa shape index (κ2) is 15.4. The maximum Gasteiger partial charge on any atom is 0.223 e. The molecule has 31 heavy (non-hydrogen) atoms. The Morgan fingerprint density at radius 2 is 2.03 bits per heavy atom. The zero-order valence-electron chi connectivity index (χ0n) is 19.5. The summed E-state index contributed by atoms with van der Waals surface area (Å²) < 4.78 is 5.83. The molecule has 0 radical (unpaired) electrons. The molecule has 8 heteroatoms. The predicted octanol–water partition coefficient (Wildman–Crippen LogP) is 2.22. The topological polar surface area (TPSA) is 69.2 Å². The maximum absolute atomic E-state index is 12.4. The van der Waals surface area contributed by atoms with Crippen LogP contribution in [-0.4, -0.2) is 88.2 Å². The van der Waals surface area contributed by atoms with Crippen LogP contribution in [-0.2, 0) is 16.0 Å². The average molecular weight is 546 g/mol. The van der Waals surface area contributed by atoms with Crippen molar-refractivity contribution in [3.05, 3.63) is 35.9 Å². The molecule has 7 nitrogen and oxygen atoms in total. The molecule has 176 valence electrons. The lowest BCUT2D eigenvalue weighted by Gasteiger charge is -2.22. The first-order valence-electron chi connectivity index (χ1n) is 11.0. The van der Waals surface area contributed by atoms with Gasteiger partial charge in [0.15, 0.2) is 5.96 Å². The Balaban J connectivity index is 0.00000480. The molecule has 1 heterocycles. The molecule has 1 amide bonds. The van der Waals surface area contributed by atoms with E-state index in [1.54, 1.807) is 7.05 Å². The average Bonchev–Trinajstić information content (AvgIpc) is 3.10. The summed E-state index contributed by atoms with van der Waals surface area (Å²) in [5.74, 6) is 1.32. The number of halogens is 1. The van der Waals surface area contributed by atoms with Crippen molar-refractivity contribution in [1.82, 2.24) is 20.4 Å². The molecule has 1 aliphatic rings. The molecular weight excluding hydrogens is 505 g/mol. The number of carbonyl (C=O) groups is 1. The Hall–Kier alpha value is -1.39. The van der Waals surface area contributed by atoms with E-state index in [1.165, 1.54) is 5.56 Å². The summed E-state index contributed by atoms with van der Waals surface area (Å²) in [6, 6.07) is 10.3. The third kappa shape index (κ3) is 10.7. The minimum atomic E-state index is 0. The van der Waals surface area contributed by atoms with Crippen molar-refractivity contribution in [2.24, 2.45) is 10.9 Å². The van der Waals surface area contributed by atoms with Crippen LogP contribution in [0.5, 0.6) is 0 Å². The molecular formula is C23H40IN5O2. The van der Waals surface area contributed by atoms with Crippen LogP contribution in [0.2, 0.25) is 0 Å². The Kier molecular flexibility index (Phi) is 13.7. The first-order chi connectivity index (χ1) is 14.5. The fraction of sp³-hybridized carbons (Fsp3) is 0.652. The molecule has 1 aromatic carbocycles. The molecule has 1 saturated heterocycles. The largest absolute Gasteiger partial charge is 0.377 e. The maximum atomic E-state index is 12.4. The summed E-state index contributed by atoms with van der Waals surface area (Å²) in [4.78, 5) is 20.8. The number of guanidine groups is 1. The molecule has 1 aliphatic heterocycles. The van der Waals surface area contributed by atoms with E-state index in [4.69, 9.17) is 4.74 Å². The van der Waals surface area contributed by atoms with Gasteiger partial charge in [-0.1, -0.05) is 30.3 Å². The third-order valence-corrected chi connectivity index (χ3v) is 5.39. The smallest absolute Gasteiger partial charge is 0.223 e. The van der Waals surface area contributed by atoms with Gasteiger partial charge < -0.3 is 25.2 Å². The van der Waals surface area contributed by atoms with Gasteiger partial charge in [0.25, 0.3) is 0 Å². The highest BCUT2D eigenvalue weighted by Crippen LogP contribution is 2.17. The van der Waals surface area contributed by atoms with Crippen molar-refractivity contribution in [3.8, 4) is 0 Å². The highest BCUT2D eigenvalue weighted by atomic mass is 127. The molecule has 2 rings (SSSR count). The number of amides is 1. The molecule has 0 aromatic heterocycles. The minimum absolute atomic E-state index is 0. The Labute approximate surface area is 205 Å². The van der Waals surface area contributed by atoms with Gasteiger partial charge in [-0.2, -0.15) is 0 Å². The molecule has 0 aliphatic carbocycles. The molecule has 1 aromatic rings. The summed E-state index contributed by atoms with van der Waals surface area (Å²) in [7, 11) is 5.92. The molecule has 2 unspecified atom stereocenters. The quantitative estimate of drug-likeness (QED) is 0.240. The van der Waals surface area contributed by atoms with Crippen LogP contribution in [0.4, 0.5) is 0 Å². The van der Waals surface area contributed by atoms with E-state index in [2.05, 4.69) is 46.8 Å². The lowest BCUT2D eigenvalue weighted by atomic mass is 10.1. The van der Waals surface area contributed by atoms with Gasteiger partial charge in [0, 0.05) is 58.7 Å². The second-order valence-corrected chi connectivity index (χ2v) is 8.15. The SMILES string of the molecule is CCOC(CCN(C)C)CNC(=NC)NCC1CC(=O)N(CCc2ccccc2)C1.I. The number of carbonyl (C=O) groups excluding carboxylic acids is 1. The van der Waals surface area contributed by atoms with Crippen molar-refractivity contribution < 1.29 is 9.53 Å². The molecule has 0 bridgehead atoms. The highest BCUT2D eigenvalue weighted by molar-refractivity contribution is 14.0. The van der Waals surface area contributed by atoms with E-state index in [0.717, 1.165) is 45.0 Å². The lowest BCUT2D eigenvalue weighted by molar-refractivity contribution is -0.127. The van der Waals surface area contributed by atoms with E-state index >= 15 is 0 Å². The number of rotatable bonds is 12. The summed E-state index contributed by atoms with van der Waals surface area (Å²) in [5.41, 5.74) is 1.27. The number of aliphatic imine (C=N–C) groups is 1. The van der Waals surface area contributed by atoms with Crippen molar-refractivity contribution >= 4 is 35.8 Å². The Morgan fingerprint density at radius 3 is 2.68 bits per heavy atom. The van der Waals surface area contributed by atoms with Crippen LogP contribution in [0.15, 0.2) is 35.3 Å². The molecule has 0 saturated carbocycles. The van der Waals surface area contributed by atoms with Crippen LogP contribution in [0.25, 0.3) is 0 Å². The normalized spacial score (nSPS) is 17.6. The number of hydrogen-bond acceptors (Lipinski definition) is 4. The number of nitrogens with one attached hydrogen (secondary N) is 2. The van der Waals surface area contributed by atoms with Crippen molar-refractivity contribution in [3.63, 3.8) is 0 Å². The summed E-state index contributed by atoms with van der Waals surface area (Å²) in [5, 5.41) is 6.75. The van der Waals surface area contributed by atoms with Crippen LogP contribution in [0.1, 0.15) is 25.3 Å². The first-order valence-corrected chi connectivity index (χ1v) is 11.0. The molecule has 0 spiro atoms. The molecule has 2 N–H and O–H groups in total. The lowest BCUT2D eigenvalue weighted by Crippen LogP contribution is -2.44. The van der Waals surface area contributed by atoms with Crippen molar-refractivity contribution in [2.45, 2.75) is 32.3 Å².